The number of carbonyl (C=O) groups is 1. The predicted molar refractivity (Wildman–Crippen MR) is 224 cm³/mol. The molecular weight excluding hydrogens is 713 g/mol. The molecule has 8 heteroatoms. The SMILES string of the molecule is CNCC(C1=CN2C(c3ccc(C(=O)N(C)C4(c5ccc(F)cc5)CC4)c(F)c3)=CNC2C=C1)[C@H](C)N(C)C(c1ccccc1)(c1ccccc1)c1ccccc1. The maximum Gasteiger partial charge on any atom is 0.257 e. The van der Waals surface area contributed by atoms with Gasteiger partial charge in [-0.2, -0.15) is 0 Å². The summed E-state index contributed by atoms with van der Waals surface area (Å²) in [6.45, 7) is 3.02. The van der Waals surface area contributed by atoms with Crippen molar-refractivity contribution in [2.45, 2.75) is 43.1 Å². The molecule has 5 aromatic rings. The Morgan fingerprint density at radius 1 is 0.860 bits per heavy atom. The number of amides is 1. The highest BCUT2D eigenvalue weighted by molar-refractivity contribution is 5.95. The molecule has 0 bridgehead atoms. The third kappa shape index (κ3) is 6.77. The third-order valence-electron chi connectivity index (χ3n) is 12.4. The van der Waals surface area contributed by atoms with E-state index in [0.29, 0.717) is 5.56 Å². The molecule has 1 fully saturated rings. The Morgan fingerprint density at radius 2 is 1.44 bits per heavy atom. The zero-order chi connectivity index (χ0) is 39.7. The minimum Gasteiger partial charge on any atom is -0.366 e. The van der Waals surface area contributed by atoms with Crippen molar-refractivity contribution in [1.82, 2.24) is 25.3 Å². The van der Waals surface area contributed by atoms with Crippen LogP contribution in [0.5, 0.6) is 0 Å². The van der Waals surface area contributed by atoms with Crippen LogP contribution in [-0.2, 0) is 11.1 Å². The highest BCUT2D eigenvalue weighted by Gasteiger charge is 2.50. The van der Waals surface area contributed by atoms with Gasteiger partial charge in [-0.25, -0.2) is 8.78 Å². The molecule has 1 aliphatic carbocycles. The number of nitrogens with one attached hydrogen (secondary N) is 2. The Bertz CT molecular complexity index is 2210. The van der Waals surface area contributed by atoms with Gasteiger partial charge in [0.25, 0.3) is 5.91 Å². The van der Waals surface area contributed by atoms with E-state index in [1.165, 1.54) is 34.9 Å². The number of hydrogen-bond acceptors (Lipinski definition) is 5. The number of nitrogens with zero attached hydrogens (tertiary/aromatic N) is 3. The Balaban J connectivity index is 1.10. The molecule has 1 saturated carbocycles. The molecule has 2 N–H and O–H groups in total. The summed E-state index contributed by atoms with van der Waals surface area (Å²) in [6.07, 6.45) is 9.81. The molecule has 6 nitrogen and oxygen atoms in total. The average molecular weight is 762 g/mol. The van der Waals surface area contributed by atoms with Crippen molar-refractivity contribution in [1.29, 1.82) is 0 Å². The van der Waals surface area contributed by atoms with E-state index in [0.717, 1.165) is 36.2 Å². The van der Waals surface area contributed by atoms with E-state index in [9.17, 15) is 9.18 Å². The lowest BCUT2D eigenvalue weighted by Crippen LogP contribution is -2.53. The van der Waals surface area contributed by atoms with E-state index in [-0.39, 0.29) is 29.5 Å². The minimum atomic E-state index is -0.597. The fraction of sp³-hybridized carbons (Fsp3) is 0.245. The molecule has 2 unspecified atom stereocenters. The monoisotopic (exact) mass is 761 g/mol. The van der Waals surface area contributed by atoms with Gasteiger partial charge < -0.3 is 20.4 Å². The molecule has 57 heavy (non-hydrogen) atoms. The van der Waals surface area contributed by atoms with E-state index < -0.39 is 22.8 Å². The fourth-order valence-corrected chi connectivity index (χ4v) is 9.06. The maximum atomic E-state index is 16.0. The second kappa shape index (κ2) is 15.6. The Morgan fingerprint density at radius 3 is 1.96 bits per heavy atom. The molecule has 2 aliphatic heterocycles. The number of hydrogen-bond donors (Lipinski definition) is 2. The topological polar surface area (TPSA) is 50.9 Å². The molecule has 0 aromatic heterocycles. The lowest BCUT2D eigenvalue weighted by Gasteiger charge is -2.49. The highest BCUT2D eigenvalue weighted by Crippen LogP contribution is 2.51. The lowest BCUT2D eigenvalue weighted by molar-refractivity contribution is 0.0700. The van der Waals surface area contributed by atoms with Gasteiger partial charge in [0.2, 0.25) is 0 Å². The van der Waals surface area contributed by atoms with Gasteiger partial charge in [0.05, 0.1) is 22.3 Å². The first-order valence-electron chi connectivity index (χ1n) is 19.7. The van der Waals surface area contributed by atoms with Crippen molar-refractivity contribution in [3.63, 3.8) is 0 Å². The number of fused-ring (bicyclic) bond motifs is 1. The van der Waals surface area contributed by atoms with E-state index >= 15 is 4.39 Å². The van der Waals surface area contributed by atoms with Crippen LogP contribution >= 0.6 is 0 Å². The summed E-state index contributed by atoms with van der Waals surface area (Å²) < 4.78 is 29.7. The molecule has 0 saturated heterocycles. The zero-order valence-electron chi connectivity index (χ0n) is 32.9. The zero-order valence-corrected chi connectivity index (χ0v) is 32.9. The Hall–Kier alpha value is -5.83. The first-order valence-corrected chi connectivity index (χ1v) is 19.7. The summed E-state index contributed by atoms with van der Waals surface area (Å²) in [6, 6.07) is 43.3. The number of allylic oxidation sites excluding steroid dienone is 1. The first kappa shape index (κ1) is 38.1. The third-order valence-corrected chi connectivity index (χ3v) is 12.4. The van der Waals surface area contributed by atoms with Gasteiger partial charge in [-0.3, -0.25) is 9.69 Å². The molecule has 8 rings (SSSR count). The standard InChI is InChI=1S/C49H49F2N5O/c1-34(54(3)49(38-14-8-5-9-15-38,39-16-10-6-11-17-39)40-18-12-7-13-19-40)43(31-52-2)36-21-27-46-53-32-45(56(46)33-36)35-20-26-42(44(51)30-35)47(57)55(4)48(28-29-48)37-22-24-41(50)25-23-37/h5-27,30,32-34,43,46,52-53H,28-29,31H2,1-4H3/t34-,43?,46?/m0/s1. The lowest BCUT2D eigenvalue weighted by atomic mass is 9.74. The van der Waals surface area contributed by atoms with Crippen LogP contribution in [0.15, 0.2) is 164 Å². The van der Waals surface area contributed by atoms with Crippen LogP contribution < -0.4 is 10.6 Å². The van der Waals surface area contributed by atoms with Crippen LogP contribution in [-0.4, -0.2) is 60.5 Å². The molecule has 2 heterocycles. The van der Waals surface area contributed by atoms with Crippen molar-refractivity contribution >= 4 is 11.6 Å². The predicted octanol–water partition coefficient (Wildman–Crippen LogP) is 8.86. The summed E-state index contributed by atoms with van der Waals surface area (Å²) in [5.74, 6) is -1.25. The van der Waals surface area contributed by atoms with Gasteiger partial charge in [0, 0.05) is 43.5 Å². The molecular formula is C49H49F2N5O. The summed E-state index contributed by atoms with van der Waals surface area (Å²) in [7, 11) is 5.92. The quantitative estimate of drug-likeness (QED) is 0.118. The molecule has 0 radical (unpaired) electrons. The largest absolute Gasteiger partial charge is 0.366 e. The fourth-order valence-electron chi connectivity index (χ4n) is 9.06. The van der Waals surface area contributed by atoms with Crippen LogP contribution in [0.4, 0.5) is 8.78 Å². The molecule has 3 aliphatic rings. The van der Waals surface area contributed by atoms with E-state index in [1.54, 1.807) is 30.1 Å². The van der Waals surface area contributed by atoms with Crippen molar-refractivity contribution in [3.8, 4) is 0 Å². The maximum absolute atomic E-state index is 16.0. The smallest absolute Gasteiger partial charge is 0.257 e. The van der Waals surface area contributed by atoms with E-state index in [2.05, 4.69) is 144 Å². The van der Waals surface area contributed by atoms with E-state index in [4.69, 9.17) is 0 Å². The number of rotatable bonds is 13. The van der Waals surface area contributed by atoms with Crippen LogP contribution in [0.3, 0.4) is 0 Å². The van der Waals surface area contributed by atoms with Crippen molar-refractivity contribution < 1.29 is 13.6 Å². The van der Waals surface area contributed by atoms with Gasteiger partial charge in [-0.15, -0.1) is 0 Å². The van der Waals surface area contributed by atoms with Crippen LogP contribution in [0.1, 0.15) is 57.9 Å². The highest BCUT2D eigenvalue weighted by atomic mass is 19.1. The summed E-state index contributed by atoms with van der Waals surface area (Å²) in [5.41, 5.74) is 5.88. The average Bonchev–Trinajstić information content (AvgIpc) is 3.96. The van der Waals surface area contributed by atoms with E-state index in [1.807, 2.05) is 19.3 Å². The van der Waals surface area contributed by atoms with Crippen LogP contribution in [0.2, 0.25) is 0 Å². The van der Waals surface area contributed by atoms with Crippen LogP contribution in [0, 0.1) is 17.6 Å². The van der Waals surface area contributed by atoms with Gasteiger partial charge in [-0.05, 0) is 92.0 Å². The molecule has 5 aromatic carbocycles. The number of carbonyl (C=O) groups excluding carboxylic acids is 1. The Kier molecular flexibility index (Phi) is 10.4. The van der Waals surface area contributed by atoms with Crippen LogP contribution in [0.25, 0.3) is 5.70 Å². The van der Waals surface area contributed by atoms with Gasteiger partial charge >= 0.3 is 0 Å². The van der Waals surface area contributed by atoms with Crippen molar-refractivity contribution in [3.05, 3.63) is 209 Å². The first-order chi connectivity index (χ1) is 27.7. The second-order valence-electron chi connectivity index (χ2n) is 15.5. The van der Waals surface area contributed by atoms with Gasteiger partial charge in [-0.1, -0.05) is 115 Å². The van der Waals surface area contributed by atoms with Gasteiger partial charge in [0.15, 0.2) is 0 Å². The normalized spacial score (nSPS) is 17.9. The summed E-state index contributed by atoms with van der Waals surface area (Å²) in [4.78, 5) is 20.0. The number of halogens is 2. The summed E-state index contributed by atoms with van der Waals surface area (Å²) >= 11 is 0. The van der Waals surface area contributed by atoms with Crippen molar-refractivity contribution in [2.75, 3.05) is 27.7 Å². The van der Waals surface area contributed by atoms with Crippen molar-refractivity contribution in [2.24, 2.45) is 5.92 Å². The molecule has 1 amide bonds. The minimum absolute atomic E-state index is 0.0113. The molecule has 3 atom stereocenters. The molecule has 290 valence electrons. The second-order valence-corrected chi connectivity index (χ2v) is 15.5. The summed E-state index contributed by atoms with van der Waals surface area (Å²) in [5, 5.41) is 6.93. The molecule has 0 spiro atoms. The Labute approximate surface area is 334 Å². The number of benzene rings is 5. The van der Waals surface area contributed by atoms with Gasteiger partial charge in [0.1, 0.15) is 17.8 Å².